The van der Waals surface area contributed by atoms with Gasteiger partial charge < -0.3 is 9.52 Å². The predicted octanol–water partition coefficient (Wildman–Crippen LogP) is 3.34. The Morgan fingerprint density at radius 3 is 2.57 bits per heavy atom. The maximum Gasteiger partial charge on any atom is 0.229 e. The van der Waals surface area contributed by atoms with E-state index in [1.807, 2.05) is 0 Å². The maximum atomic E-state index is 12.9. The molecule has 0 radical (unpaired) electrons. The van der Waals surface area contributed by atoms with E-state index in [0.717, 1.165) is 31.1 Å². The molecule has 0 spiro atoms. The minimum absolute atomic E-state index is 0.00441. The van der Waals surface area contributed by atoms with Gasteiger partial charge in [-0.05, 0) is 55.2 Å². The fourth-order valence-electron chi connectivity index (χ4n) is 3.62. The van der Waals surface area contributed by atoms with Crippen molar-refractivity contribution in [2.24, 2.45) is 5.92 Å². The second-order valence-electron chi connectivity index (χ2n) is 7.52. The van der Waals surface area contributed by atoms with E-state index < -0.39 is 10.0 Å². The van der Waals surface area contributed by atoms with Gasteiger partial charge in [0.1, 0.15) is 11.8 Å². The van der Waals surface area contributed by atoms with Crippen molar-refractivity contribution in [1.82, 2.24) is 0 Å². The van der Waals surface area contributed by atoms with Crippen LogP contribution in [-0.2, 0) is 10.0 Å². The molecule has 2 aromatic carbocycles. The van der Waals surface area contributed by atoms with Crippen LogP contribution in [0.3, 0.4) is 0 Å². The van der Waals surface area contributed by atoms with Gasteiger partial charge in [0.15, 0.2) is 5.43 Å². The highest BCUT2D eigenvalue weighted by Gasteiger charge is 2.22. The van der Waals surface area contributed by atoms with Gasteiger partial charge in [-0.25, -0.2) is 8.42 Å². The fraction of sp³-hybridized carbons (Fsp3) is 0.261. The molecule has 0 aliphatic heterocycles. The third-order valence-corrected chi connectivity index (χ3v) is 5.76. The maximum absolute atomic E-state index is 12.9. The van der Waals surface area contributed by atoms with Crippen molar-refractivity contribution in [2.75, 3.05) is 11.0 Å². The zero-order chi connectivity index (χ0) is 21.3. The number of sulfonamides is 1. The monoisotopic (exact) mass is 423 g/mol. The van der Waals surface area contributed by atoms with Crippen molar-refractivity contribution >= 4 is 26.7 Å². The Balaban J connectivity index is 1.63. The molecule has 154 valence electrons. The van der Waals surface area contributed by atoms with E-state index in [-0.39, 0.29) is 17.5 Å². The molecule has 1 fully saturated rings. The van der Waals surface area contributed by atoms with Gasteiger partial charge >= 0.3 is 0 Å². The topological polar surface area (TPSA) is 96.6 Å². The number of benzene rings is 2. The highest BCUT2D eigenvalue weighted by molar-refractivity contribution is 7.92. The molecule has 1 aliphatic carbocycles. The number of aliphatic hydroxyl groups excluding tert-OH is 1. The van der Waals surface area contributed by atoms with E-state index in [4.69, 9.17) is 4.42 Å². The van der Waals surface area contributed by atoms with Crippen molar-refractivity contribution in [3.05, 3.63) is 64.5 Å². The lowest BCUT2D eigenvalue weighted by atomic mass is 10.0. The molecule has 2 atom stereocenters. The molecule has 1 saturated carbocycles. The van der Waals surface area contributed by atoms with Crippen molar-refractivity contribution in [2.45, 2.75) is 25.4 Å². The average molecular weight is 423 g/mol. The average Bonchev–Trinajstić information content (AvgIpc) is 3.11. The Morgan fingerprint density at radius 1 is 1.13 bits per heavy atom. The lowest BCUT2D eigenvalue weighted by molar-refractivity contribution is 0.157. The van der Waals surface area contributed by atoms with Crippen molar-refractivity contribution < 1.29 is 17.9 Å². The van der Waals surface area contributed by atoms with Crippen LogP contribution >= 0.6 is 0 Å². The first kappa shape index (κ1) is 20.2. The van der Waals surface area contributed by atoms with Crippen LogP contribution in [0.15, 0.2) is 57.9 Å². The smallest absolute Gasteiger partial charge is 0.229 e. The summed E-state index contributed by atoms with van der Waals surface area (Å²) >= 11 is 0. The lowest BCUT2D eigenvalue weighted by Gasteiger charge is -2.06. The third-order valence-electron chi connectivity index (χ3n) is 5.16. The summed E-state index contributed by atoms with van der Waals surface area (Å²) in [6.07, 6.45) is 4.80. The molecule has 1 aliphatic rings. The zero-order valence-electron chi connectivity index (χ0n) is 16.4. The van der Waals surface area contributed by atoms with Gasteiger partial charge in [-0.15, -0.1) is 0 Å². The Bertz CT molecular complexity index is 1310. The molecule has 2 N–H and O–H groups in total. The first-order valence-electron chi connectivity index (χ1n) is 9.63. The Labute approximate surface area is 174 Å². The molecule has 0 amide bonds. The summed E-state index contributed by atoms with van der Waals surface area (Å²) < 4.78 is 30.7. The summed E-state index contributed by atoms with van der Waals surface area (Å²) in [7, 11) is -3.36. The van der Waals surface area contributed by atoms with E-state index in [2.05, 4.69) is 16.6 Å². The van der Waals surface area contributed by atoms with E-state index in [1.54, 1.807) is 42.5 Å². The van der Waals surface area contributed by atoms with Crippen molar-refractivity contribution in [1.29, 1.82) is 0 Å². The lowest BCUT2D eigenvalue weighted by Crippen LogP contribution is -2.10. The zero-order valence-corrected chi connectivity index (χ0v) is 17.2. The first-order valence-corrected chi connectivity index (χ1v) is 11.5. The molecule has 3 aromatic rings. The van der Waals surface area contributed by atoms with Crippen LogP contribution in [0.25, 0.3) is 22.1 Å². The number of rotatable bonds is 3. The van der Waals surface area contributed by atoms with Crippen LogP contribution in [0.1, 0.15) is 24.8 Å². The SMILES string of the molecule is CS(=O)(=O)Nc1ccc(-c2coc3cc(C#C[C@@H]4CCC[C@H]4O)ccc3c2=O)cc1. The first-order chi connectivity index (χ1) is 14.3. The molecule has 1 aromatic heterocycles. The predicted molar refractivity (Wildman–Crippen MR) is 117 cm³/mol. The Hall–Kier alpha value is -3.08. The molecule has 0 unspecified atom stereocenters. The molecular weight excluding hydrogens is 402 g/mol. The van der Waals surface area contributed by atoms with Crippen LogP contribution in [-0.4, -0.2) is 25.9 Å². The number of anilines is 1. The molecule has 7 heteroatoms. The molecule has 4 rings (SSSR count). The highest BCUT2D eigenvalue weighted by Crippen LogP contribution is 2.25. The molecule has 0 bridgehead atoms. The van der Waals surface area contributed by atoms with Crippen LogP contribution in [0.4, 0.5) is 5.69 Å². The Morgan fingerprint density at radius 2 is 1.90 bits per heavy atom. The van der Waals surface area contributed by atoms with Gasteiger partial charge in [-0.1, -0.05) is 24.0 Å². The second kappa shape index (κ2) is 7.98. The summed E-state index contributed by atoms with van der Waals surface area (Å²) in [5.74, 6) is 6.18. The summed E-state index contributed by atoms with van der Waals surface area (Å²) in [5.41, 5.74) is 2.43. The van der Waals surface area contributed by atoms with Gasteiger partial charge in [0, 0.05) is 17.2 Å². The molecule has 0 saturated heterocycles. The molecular formula is C23H21NO5S. The fourth-order valence-corrected chi connectivity index (χ4v) is 4.19. The molecule has 6 nitrogen and oxygen atoms in total. The van der Waals surface area contributed by atoms with E-state index in [1.165, 1.54) is 6.26 Å². The largest absolute Gasteiger partial charge is 0.463 e. The summed E-state index contributed by atoms with van der Waals surface area (Å²) in [6.45, 7) is 0. The highest BCUT2D eigenvalue weighted by atomic mass is 32.2. The van der Waals surface area contributed by atoms with Crippen LogP contribution in [0.2, 0.25) is 0 Å². The van der Waals surface area contributed by atoms with Crippen molar-refractivity contribution in [3.8, 4) is 23.0 Å². The summed E-state index contributed by atoms with van der Waals surface area (Å²) in [5, 5.41) is 10.3. The van der Waals surface area contributed by atoms with Gasteiger partial charge in [0.25, 0.3) is 0 Å². The van der Waals surface area contributed by atoms with Gasteiger partial charge in [0.2, 0.25) is 10.0 Å². The number of aliphatic hydroxyl groups is 1. The number of nitrogens with one attached hydrogen (secondary N) is 1. The Kier molecular flexibility index (Phi) is 5.37. The van der Waals surface area contributed by atoms with Crippen LogP contribution in [0.5, 0.6) is 0 Å². The second-order valence-corrected chi connectivity index (χ2v) is 9.26. The van der Waals surface area contributed by atoms with Crippen LogP contribution < -0.4 is 10.2 Å². The van der Waals surface area contributed by atoms with Crippen LogP contribution in [0, 0.1) is 17.8 Å². The van der Waals surface area contributed by atoms with E-state index >= 15 is 0 Å². The van der Waals surface area contributed by atoms with E-state index in [0.29, 0.717) is 27.8 Å². The minimum Gasteiger partial charge on any atom is -0.463 e. The van der Waals surface area contributed by atoms with Gasteiger partial charge in [-0.2, -0.15) is 0 Å². The molecule has 30 heavy (non-hydrogen) atoms. The van der Waals surface area contributed by atoms with Gasteiger partial charge in [0.05, 0.1) is 23.3 Å². The quantitative estimate of drug-likeness (QED) is 0.630. The van der Waals surface area contributed by atoms with E-state index in [9.17, 15) is 18.3 Å². The number of hydrogen-bond acceptors (Lipinski definition) is 5. The molecule has 1 heterocycles. The summed E-state index contributed by atoms with van der Waals surface area (Å²) in [6, 6.07) is 11.7. The summed E-state index contributed by atoms with van der Waals surface area (Å²) in [4.78, 5) is 12.9. The normalized spacial score (nSPS) is 18.7. The minimum atomic E-state index is -3.36. The third kappa shape index (κ3) is 4.40. The standard InChI is InChI=1S/C23H21NO5S/c1-30(27,28)24-18-10-8-16(9-11-18)20-14-29-22-13-15(6-12-19(22)23(20)26)5-7-17-3-2-4-21(17)25/h6,8-14,17,21,24-25H,2-4H2,1H3/t17-,21+/m0/s1. The number of hydrogen-bond donors (Lipinski definition) is 2. The number of fused-ring (bicyclic) bond motifs is 1. The van der Waals surface area contributed by atoms with Gasteiger partial charge in [-0.3, -0.25) is 9.52 Å². The van der Waals surface area contributed by atoms with Crippen molar-refractivity contribution in [3.63, 3.8) is 0 Å².